The van der Waals surface area contributed by atoms with Gasteiger partial charge < -0.3 is 9.84 Å². The predicted molar refractivity (Wildman–Crippen MR) is 111 cm³/mol. The van der Waals surface area contributed by atoms with Gasteiger partial charge >= 0.3 is 12.1 Å². The molecule has 168 valence electrons. The highest BCUT2D eigenvalue weighted by Gasteiger charge is 2.36. The Balaban J connectivity index is 1.91. The van der Waals surface area contributed by atoms with Crippen molar-refractivity contribution < 1.29 is 32.6 Å². The van der Waals surface area contributed by atoms with Crippen LogP contribution in [0.15, 0.2) is 54.6 Å². The lowest BCUT2D eigenvalue weighted by Crippen LogP contribution is -2.39. The Kier molecular flexibility index (Phi) is 6.95. The highest BCUT2D eigenvalue weighted by Crippen LogP contribution is 2.33. The summed E-state index contributed by atoms with van der Waals surface area (Å²) in [5.74, 6) is -2.58. The maximum Gasteiger partial charge on any atom is 0.435 e. The monoisotopic (exact) mass is 487 g/mol. The van der Waals surface area contributed by atoms with E-state index in [9.17, 15) is 22.8 Å². The number of carbonyl (C=O) groups is 2. The largest absolute Gasteiger partial charge is 0.480 e. The molecule has 1 aromatic heterocycles. The zero-order valence-electron chi connectivity index (χ0n) is 16.0. The normalized spacial score (nSPS) is 11.3. The summed E-state index contributed by atoms with van der Waals surface area (Å²) in [5, 5.41) is 12.9. The molecule has 0 aliphatic heterocycles. The second-order valence-electron chi connectivity index (χ2n) is 6.34. The Morgan fingerprint density at radius 3 is 2.28 bits per heavy atom. The van der Waals surface area contributed by atoms with E-state index in [1.54, 1.807) is 18.2 Å². The van der Waals surface area contributed by atoms with Crippen molar-refractivity contribution in [1.82, 2.24) is 9.78 Å². The molecule has 3 rings (SSSR count). The lowest BCUT2D eigenvalue weighted by Gasteiger charge is -2.22. The van der Waals surface area contributed by atoms with Crippen LogP contribution in [0.4, 0.5) is 18.9 Å². The van der Waals surface area contributed by atoms with Crippen LogP contribution in [0.3, 0.4) is 0 Å². The Morgan fingerprint density at radius 1 is 1.06 bits per heavy atom. The van der Waals surface area contributed by atoms with Crippen LogP contribution < -0.4 is 9.64 Å². The van der Waals surface area contributed by atoms with Crippen LogP contribution in [0.25, 0.3) is 5.69 Å². The Hall–Kier alpha value is -3.24. The first-order valence-corrected chi connectivity index (χ1v) is 9.65. The molecule has 1 N–H and O–H groups in total. The maximum absolute atomic E-state index is 13.2. The van der Waals surface area contributed by atoms with E-state index in [0.29, 0.717) is 6.07 Å². The lowest BCUT2D eigenvalue weighted by molar-refractivity contribution is -0.141. The Morgan fingerprint density at radius 2 is 1.69 bits per heavy atom. The number of amides is 1. The third kappa shape index (κ3) is 5.32. The van der Waals surface area contributed by atoms with Crippen LogP contribution in [0.5, 0.6) is 5.88 Å². The van der Waals surface area contributed by atoms with Crippen LogP contribution in [-0.4, -0.2) is 39.9 Å². The molecule has 3 aromatic rings. The number of halogens is 5. The Bertz CT molecular complexity index is 1150. The molecule has 1 amide bonds. The smallest absolute Gasteiger partial charge is 0.435 e. The SMILES string of the molecule is O=C(O)CN(C(=O)COc1cc(C(F)(F)F)nn1-c1ccccc1Cl)c1ccccc1Cl. The molecule has 0 aliphatic rings. The van der Waals surface area contributed by atoms with Crippen LogP contribution in [0.1, 0.15) is 5.69 Å². The number of rotatable bonds is 7. The van der Waals surface area contributed by atoms with Crippen molar-refractivity contribution in [2.45, 2.75) is 6.18 Å². The van der Waals surface area contributed by atoms with Gasteiger partial charge in [-0.2, -0.15) is 23.0 Å². The number of alkyl halides is 3. The van der Waals surface area contributed by atoms with E-state index >= 15 is 0 Å². The molecule has 0 spiro atoms. The van der Waals surface area contributed by atoms with Crippen molar-refractivity contribution in [1.29, 1.82) is 0 Å². The molecular formula is C20H14Cl2F3N3O4. The number of nitrogens with zero attached hydrogens (tertiary/aromatic N) is 3. The summed E-state index contributed by atoms with van der Waals surface area (Å²) in [4.78, 5) is 24.8. The van der Waals surface area contributed by atoms with E-state index in [4.69, 9.17) is 33.0 Å². The highest BCUT2D eigenvalue weighted by molar-refractivity contribution is 6.34. The van der Waals surface area contributed by atoms with Crippen LogP contribution >= 0.6 is 23.2 Å². The summed E-state index contributed by atoms with van der Waals surface area (Å²) in [6.07, 6.45) is -4.78. The van der Waals surface area contributed by atoms with Gasteiger partial charge in [0.25, 0.3) is 5.91 Å². The van der Waals surface area contributed by atoms with Crippen LogP contribution in [0, 0.1) is 0 Å². The van der Waals surface area contributed by atoms with E-state index < -0.39 is 42.8 Å². The average molecular weight is 488 g/mol. The number of carboxylic acids is 1. The Labute approximate surface area is 189 Å². The highest BCUT2D eigenvalue weighted by atomic mass is 35.5. The number of hydrogen-bond acceptors (Lipinski definition) is 4. The van der Waals surface area contributed by atoms with Crippen molar-refractivity contribution in [2.24, 2.45) is 0 Å². The fourth-order valence-electron chi connectivity index (χ4n) is 2.73. The number of carboxylic acid groups (broad SMARTS) is 1. The number of aromatic nitrogens is 2. The molecule has 0 saturated carbocycles. The molecule has 0 unspecified atom stereocenters. The molecule has 0 fully saturated rings. The van der Waals surface area contributed by atoms with E-state index in [1.165, 1.54) is 30.3 Å². The molecule has 2 aromatic carbocycles. The van der Waals surface area contributed by atoms with Gasteiger partial charge in [0, 0.05) is 6.07 Å². The minimum absolute atomic E-state index is 0.0978. The number of anilines is 1. The predicted octanol–water partition coefficient (Wildman–Crippen LogP) is 4.69. The average Bonchev–Trinajstić information content (AvgIpc) is 3.15. The van der Waals surface area contributed by atoms with Crippen molar-refractivity contribution >= 4 is 40.8 Å². The number of hydrogen-bond donors (Lipinski definition) is 1. The molecule has 0 bridgehead atoms. The standard InChI is InChI=1S/C20H14Cl2F3N3O4/c21-12-5-1-3-7-14(12)27(10-19(30)31)17(29)11-32-18-9-16(20(23,24)25)26-28(18)15-8-4-2-6-13(15)22/h1-9H,10-11H2,(H,30,31). The van der Waals surface area contributed by atoms with Gasteiger partial charge in [-0.15, -0.1) is 0 Å². The number of para-hydroxylation sites is 2. The van der Waals surface area contributed by atoms with Gasteiger partial charge in [-0.3, -0.25) is 14.5 Å². The quantitative estimate of drug-likeness (QED) is 0.522. The summed E-state index contributed by atoms with van der Waals surface area (Å²) in [7, 11) is 0. The van der Waals surface area contributed by atoms with Gasteiger partial charge in [-0.1, -0.05) is 47.5 Å². The number of carbonyl (C=O) groups excluding carboxylic acids is 1. The van der Waals surface area contributed by atoms with Gasteiger partial charge in [0.2, 0.25) is 5.88 Å². The fraction of sp³-hybridized carbons (Fsp3) is 0.150. The first-order valence-electron chi connectivity index (χ1n) is 8.89. The van der Waals surface area contributed by atoms with Gasteiger partial charge in [0.05, 0.1) is 21.4 Å². The summed E-state index contributed by atoms with van der Waals surface area (Å²) < 4.78 is 45.8. The second-order valence-corrected chi connectivity index (χ2v) is 7.16. The zero-order valence-corrected chi connectivity index (χ0v) is 17.5. The van der Waals surface area contributed by atoms with Crippen LogP contribution in [0.2, 0.25) is 10.0 Å². The summed E-state index contributed by atoms with van der Waals surface area (Å²) in [6, 6.07) is 12.6. The van der Waals surface area contributed by atoms with E-state index in [0.717, 1.165) is 9.58 Å². The maximum atomic E-state index is 13.2. The van der Waals surface area contributed by atoms with E-state index in [2.05, 4.69) is 5.10 Å². The topological polar surface area (TPSA) is 84.7 Å². The minimum Gasteiger partial charge on any atom is -0.480 e. The molecule has 7 nitrogen and oxygen atoms in total. The molecule has 0 atom stereocenters. The number of ether oxygens (including phenoxy) is 1. The number of aliphatic carboxylic acids is 1. The van der Waals surface area contributed by atoms with Gasteiger partial charge in [0.1, 0.15) is 6.54 Å². The first kappa shape index (κ1) is 23.4. The van der Waals surface area contributed by atoms with Gasteiger partial charge in [-0.05, 0) is 24.3 Å². The van der Waals surface area contributed by atoms with Crippen LogP contribution in [-0.2, 0) is 15.8 Å². The molecular weight excluding hydrogens is 474 g/mol. The van der Waals surface area contributed by atoms with E-state index in [-0.39, 0.29) is 21.4 Å². The third-order valence-corrected chi connectivity index (χ3v) is 4.77. The van der Waals surface area contributed by atoms with Crippen molar-refractivity contribution in [3.63, 3.8) is 0 Å². The van der Waals surface area contributed by atoms with Crippen molar-refractivity contribution in [3.05, 3.63) is 70.3 Å². The summed E-state index contributed by atoms with van der Waals surface area (Å²) >= 11 is 12.1. The van der Waals surface area contributed by atoms with E-state index in [1.807, 2.05) is 0 Å². The minimum atomic E-state index is -4.78. The zero-order chi connectivity index (χ0) is 23.5. The lowest BCUT2D eigenvalue weighted by atomic mass is 10.2. The van der Waals surface area contributed by atoms with Crippen molar-refractivity contribution in [3.8, 4) is 11.6 Å². The molecule has 0 saturated heterocycles. The molecule has 0 aliphatic carbocycles. The molecule has 12 heteroatoms. The third-order valence-electron chi connectivity index (χ3n) is 4.13. The molecule has 1 heterocycles. The fourth-order valence-corrected chi connectivity index (χ4v) is 3.18. The number of benzene rings is 2. The van der Waals surface area contributed by atoms with Crippen molar-refractivity contribution in [2.75, 3.05) is 18.1 Å². The molecule has 32 heavy (non-hydrogen) atoms. The van der Waals surface area contributed by atoms with Gasteiger partial charge in [-0.25, -0.2) is 0 Å². The second kappa shape index (κ2) is 9.49. The van der Waals surface area contributed by atoms with Gasteiger partial charge in [0.15, 0.2) is 12.3 Å². The molecule has 0 radical (unpaired) electrons. The first-order chi connectivity index (χ1) is 15.1. The summed E-state index contributed by atoms with van der Waals surface area (Å²) in [5.41, 5.74) is -1.05. The summed E-state index contributed by atoms with van der Waals surface area (Å²) in [6.45, 7) is -1.52.